The van der Waals surface area contributed by atoms with Crippen molar-refractivity contribution < 1.29 is 9.50 Å². The average Bonchev–Trinajstić information content (AvgIpc) is 2.67. The highest BCUT2D eigenvalue weighted by atomic mass is 35.5. The molecule has 8 heteroatoms. The quantitative estimate of drug-likeness (QED) is 0.521. The zero-order valence-electron chi connectivity index (χ0n) is 15.5. The van der Waals surface area contributed by atoms with Gasteiger partial charge in [0.15, 0.2) is 0 Å². The summed E-state index contributed by atoms with van der Waals surface area (Å²) in [5.41, 5.74) is 2.00. The maximum absolute atomic E-state index is 13.1. The summed E-state index contributed by atoms with van der Waals surface area (Å²) in [4.78, 5) is 12.8. The topological polar surface area (TPSA) is 83.0 Å². The van der Waals surface area contributed by atoms with E-state index in [4.69, 9.17) is 5.11 Å². The fraction of sp³-hybridized carbons (Fsp3) is 0.250. The van der Waals surface area contributed by atoms with Crippen LogP contribution in [0.3, 0.4) is 0 Å². The van der Waals surface area contributed by atoms with Gasteiger partial charge in [-0.3, -0.25) is 4.98 Å². The molecule has 0 fully saturated rings. The number of hydrogen-bond acceptors (Lipinski definition) is 6. The van der Waals surface area contributed by atoms with Gasteiger partial charge >= 0.3 is 0 Å². The number of hydrogen-bond donors (Lipinski definition) is 3. The van der Waals surface area contributed by atoms with Crippen molar-refractivity contribution in [2.24, 2.45) is 0 Å². The van der Waals surface area contributed by atoms with Crippen molar-refractivity contribution in [2.75, 3.05) is 17.2 Å². The Hall–Kier alpha value is -2.77. The normalized spacial score (nSPS) is 11.4. The minimum Gasteiger partial charge on any atom is -0.396 e. The van der Waals surface area contributed by atoms with Gasteiger partial charge in [0.2, 0.25) is 0 Å². The highest BCUT2D eigenvalue weighted by molar-refractivity contribution is 5.85. The minimum absolute atomic E-state index is 0. The second-order valence-corrected chi connectivity index (χ2v) is 6.21. The first-order chi connectivity index (χ1) is 13.1. The lowest BCUT2D eigenvalue weighted by Gasteiger charge is -2.17. The summed E-state index contributed by atoms with van der Waals surface area (Å²) in [6.45, 7) is 2.12. The molecule has 0 spiro atoms. The predicted octanol–water partition coefficient (Wildman–Crippen LogP) is 4.27. The summed E-state index contributed by atoms with van der Waals surface area (Å²) in [5.74, 6) is 1.67. The van der Waals surface area contributed by atoms with Gasteiger partial charge in [-0.05, 0) is 55.2 Å². The van der Waals surface area contributed by atoms with Crippen LogP contribution in [0.15, 0.2) is 55.0 Å². The molecule has 3 rings (SSSR count). The van der Waals surface area contributed by atoms with Crippen molar-refractivity contribution in [3.8, 4) is 0 Å². The summed E-state index contributed by atoms with van der Waals surface area (Å²) in [5, 5.41) is 15.6. The van der Waals surface area contributed by atoms with E-state index in [9.17, 15) is 4.39 Å². The van der Waals surface area contributed by atoms with Gasteiger partial charge in [-0.1, -0.05) is 12.1 Å². The van der Waals surface area contributed by atoms with Crippen LogP contribution >= 0.6 is 12.4 Å². The van der Waals surface area contributed by atoms with Gasteiger partial charge in [0.05, 0.1) is 6.20 Å². The van der Waals surface area contributed by atoms with Crippen molar-refractivity contribution in [2.45, 2.75) is 25.8 Å². The van der Waals surface area contributed by atoms with E-state index in [-0.39, 0.29) is 30.9 Å². The molecule has 0 aliphatic heterocycles. The van der Waals surface area contributed by atoms with Crippen LogP contribution in [0.4, 0.5) is 21.8 Å². The highest BCUT2D eigenvalue weighted by Gasteiger charge is 2.09. The lowest BCUT2D eigenvalue weighted by molar-refractivity contribution is 0.288. The number of nitrogens with zero attached hydrogens (tertiary/aromatic N) is 3. The van der Waals surface area contributed by atoms with Crippen molar-refractivity contribution in [1.29, 1.82) is 0 Å². The largest absolute Gasteiger partial charge is 0.396 e. The van der Waals surface area contributed by atoms with Crippen LogP contribution in [-0.2, 0) is 6.42 Å². The Kier molecular flexibility index (Phi) is 8.10. The van der Waals surface area contributed by atoms with Crippen LogP contribution in [0, 0.1) is 5.82 Å². The van der Waals surface area contributed by atoms with Gasteiger partial charge in [-0.2, -0.15) is 0 Å². The number of nitrogens with one attached hydrogen (secondary N) is 2. The number of rotatable bonds is 8. The van der Waals surface area contributed by atoms with Gasteiger partial charge in [-0.25, -0.2) is 14.4 Å². The van der Waals surface area contributed by atoms with Crippen LogP contribution in [0.5, 0.6) is 0 Å². The molecule has 148 valence electrons. The van der Waals surface area contributed by atoms with E-state index in [1.54, 1.807) is 30.7 Å². The first-order valence-corrected chi connectivity index (χ1v) is 8.81. The molecule has 0 saturated heterocycles. The van der Waals surface area contributed by atoms with Crippen molar-refractivity contribution in [1.82, 2.24) is 15.0 Å². The van der Waals surface area contributed by atoms with Crippen LogP contribution in [0.25, 0.3) is 0 Å². The molecule has 2 heterocycles. The first kappa shape index (κ1) is 21.5. The van der Waals surface area contributed by atoms with Crippen molar-refractivity contribution >= 4 is 29.9 Å². The molecule has 0 bridgehead atoms. The Morgan fingerprint density at radius 3 is 2.50 bits per heavy atom. The molecule has 0 amide bonds. The molecule has 1 atom stereocenters. The number of pyridine rings is 1. The molecule has 1 aromatic carbocycles. The summed E-state index contributed by atoms with van der Waals surface area (Å²) in [6.07, 6.45) is 6.23. The van der Waals surface area contributed by atoms with Gasteiger partial charge in [0.1, 0.15) is 23.3 Å². The van der Waals surface area contributed by atoms with E-state index >= 15 is 0 Å². The van der Waals surface area contributed by atoms with Crippen LogP contribution in [0.1, 0.15) is 30.5 Å². The van der Waals surface area contributed by atoms with Gasteiger partial charge in [0, 0.05) is 25.0 Å². The Balaban J connectivity index is 0.00000280. The number of aryl methyl sites for hydroxylation is 1. The summed E-state index contributed by atoms with van der Waals surface area (Å²) in [7, 11) is 0. The summed E-state index contributed by atoms with van der Waals surface area (Å²) >= 11 is 0. The van der Waals surface area contributed by atoms with E-state index in [1.807, 2.05) is 19.1 Å². The third kappa shape index (κ3) is 6.14. The molecule has 0 aliphatic carbocycles. The zero-order chi connectivity index (χ0) is 19.1. The van der Waals surface area contributed by atoms with Gasteiger partial charge < -0.3 is 15.7 Å². The average molecular weight is 404 g/mol. The molecular weight excluding hydrogens is 381 g/mol. The lowest BCUT2D eigenvalue weighted by Crippen LogP contribution is -2.09. The van der Waals surface area contributed by atoms with E-state index in [0.717, 1.165) is 17.5 Å². The maximum Gasteiger partial charge on any atom is 0.150 e. The molecule has 3 aromatic rings. The van der Waals surface area contributed by atoms with Crippen LogP contribution < -0.4 is 10.6 Å². The number of aromatic nitrogens is 3. The fourth-order valence-corrected chi connectivity index (χ4v) is 2.70. The number of benzene rings is 1. The monoisotopic (exact) mass is 403 g/mol. The molecule has 6 nitrogen and oxygen atoms in total. The molecule has 2 aromatic heterocycles. The molecular formula is C20H23ClFN5O. The van der Waals surface area contributed by atoms with Gasteiger partial charge in [-0.15, -0.1) is 12.4 Å². The maximum atomic E-state index is 13.1. The zero-order valence-corrected chi connectivity index (χ0v) is 16.3. The Morgan fingerprint density at radius 2 is 1.82 bits per heavy atom. The molecule has 0 unspecified atom stereocenters. The Bertz CT molecular complexity index is 864. The first-order valence-electron chi connectivity index (χ1n) is 8.81. The third-order valence-corrected chi connectivity index (χ3v) is 4.06. The molecule has 0 aliphatic rings. The van der Waals surface area contributed by atoms with E-state index < -0.39 is 0 Å². The molecule has 0 saturated carbocycles. The third-order valence-electron chi connectivity index (χ3n) is 4.06. The second kappa shape index (κ2) is 10.5. The number of anilines is 3. The summed E-state index contributed by atoms with van der Waals surface area (Å²) < 4.78 is 13.1. The summed E-state index contributed by atoms with van der Waals surface area (Å²) in [6, 6.07) is 10.2. The smallest absolute Gasteiger partial charge is 0.150 e. The van der Waals surface area contributed by atoms with Crippen molar-refractivity contribution in [3.63, 3.8) is 0 Å². The standard InChI is InChI=1S/C20H22FN5O.ClH/c1-14(16-4-6-17(21)7-5-16)24-18-11-15(3-2-10-27)12-19(25-18)26-20-13-22-8-9-23-20;/h4-9,11-14,27H,2-3,10H2,1H3,(H2,23,24,25,26);1H/t14-;/m0./s1. The SMILES string of the molecule is C[C@H](Nc1cc(CCCO)cc(Nc2cnccn2)n1)c1ccc(F)cc1.Cl. The second-order valence-electron chi connectivity index (χ2n) is 6.21. The molecule has 0 radical (unpaired) electrons. The Labute approximate surface area is 169 Å². The lowest BCUT2D eigenvalue weighted by atomic mass is 10.1. The van der Waals surface area contributed by atoms with Crippen molar-refractivity contribution in [3.05, 3.63) is 71.9 Å². The Morgan fingerprint density at radius 1 is 1.07 bits per heavy atom. The van der Waals surface area contributed by atoms with Crippen LogP contribution in [0.2, 0.25) is 0 Å². The minimum atomic E-state index is -0.259. The highest BCUT2D eigenvalue weighted by Crippen LogP contribution is 2.23. The number of aliphatic hydroxyl groups is 1. The number of halogens is 2. The van der Waals surface area contributed by atoms with E-state index in [2.05, 4.69) is 25.6 Å². The predicted molar refractivity (Wildman–Crippen MR) is 111 cm³/mol. The van der Waals surface area contributed by atoms with Gasteiger partial charge in [0.25, 0.3) is 0 Å². The molecule has 3 N–H and O–H groups in total. The molecule has 28 heavy (non-hydrogen) atoms. The van der Waals surface area contributed by atoms with E-state index in [1.165, 1.54) is 12.1 Å². The van der Waals surface area contributed by atoms with E-state index in [0.29, 0.717) is 23.9 Å². The number of aliphatic hydroxyl groups excluding tert-OH is 1. The van der Waals surface area contributed by atoms with Crippen LogP contribution in [-0.4, -0.2) is 26.7 Å². The fourth-order valence-electron chi connectivity index (χ4n) is 2.70.